The average molecular weight is 317 g/mol. The highest BCUT2D eigenvalue weighted by Gasteiger charge is 2.13. The number of rotatable bonds is 5. The van der Waals surface area contributed by atoms with Crippen LogP contribution in [0.2, 0.25) is 0 Å². The smallest absolute Gasteiger partial charge is 0.225 e. The molecule has 0 aromatic heterocycles. The normalized spacial score (nSPS) is 10.8. The van der Waals surface area contributed by atoms with Crippen LogP contribution in [0.5, 0.6) is 0 Å². The van der Waals surface area contributed by atoms with Crippen molar-refractivity contribution in [3.8, 4) is 0 Å². The number of aryl methyl sites for hydroxylation is 1. The molecular weight excluding hydrogens is 292 g/mol. The SMILES string of the molecule is CNCCC(=O)Nc1ccc(SC(C)(C)C)cc1C.Cl. The molecule has 2 N–H and O–H groups in total. The summed E-state index contributed by atoms with van der Waals surface area (Å²) in [5.41, 5.74) is 2.01. The highest BCUT2D eigenvalue weighted by Crippen LogP contribution is 2.33. The van der Waals surface area contributed by atoms with E-state index in [9.17, 15) is 4.79 Å². The van der Waals surface area contributed by atoms with Gasteiger partial charge in [0, 0.05) is 28.3 Å². The van der Waals surface area contributed by atoms with Crippen molar-refractivity contribution in [3.05, 3.63) is 23.8 Å². The zero-order valence-electron chi connectivity index (χ0n) is 12.9. The molecule has 0 heterocycles. The molecule has 0 saturated heterocycles. The van der Waals surface area contributed by atoms with Gasteiger partial charge in [-0.25, -0.2) is 0 Å². The van der Waals surface area contributed by atoms with Crippen LogP contribution in [0.3, 0.4) is 0 Å². The Morgan fingerprint density at radius 2 is 1.95 bits per heavy atom. The van der Waals surface area contributed by atoms with Crippen molar-refractivity contribution in [2.75, 3.05) is 18.9 Å². The molecule has 0 spiro atoms. The third-order valence-electron chi connectivity index (χ3n) is 2.50. The molecule has 0 radical (unpaired) electrons. The van der Waals surface area contributed by atoms with Crippen molar-refractivity contribution < 1.29 is 4.79 Å². The highest BCUT2D eigenvalue weighted by molar-refractivity contribution is 8.00. The molecule has 114 valence electrons. The van der Waals surface area contributed by atoms with Gasteiger partial charge in [-0.1, -0.05) is 20.8 Å². The molecule has 0 aliphatic heterocycles. The Labute approximate surface area is 132 Å². The maximum Gasteiger partial charge on any atom is 0.225 e. The van der Waals surface area contributed by atoms with E-state index >= 15 is 0 Å². The third-order valence-corrected chi connectivity index (χ3v) is 3.60. The van der Waals surface area contributed by atoms with Crippen molar-refractivity contribution in [1.82, 2.24) is 5.32 Å². The number of carbonyl (C=O) groups excluding carboxylic acids is 1. The second kappa shape index (κ2) is 8.55. The third kappa shape index (κ3) is 7.17. The van der Waals surface area contributed by atoms with Gasteiger partial charge in [0.25, 0.3) is 0 Å². The fourth-order valence-electron chi connectivity index (χ4n) is 1.64. The van der Waals surface area contributed by atoms with Gasteiger partial charge < -0.3 is 10.6 Å². The van der Waals surface area contributed by atoms with Crippen LogP contribution >= 0.6 is 24.2 Å². The van der Waals surface area contributed by atoms with Crippen LogP contribution in [-0.4, -0.2) is 24.2 Å². The zero-order valence-corrected chi connectivity index (χ0v) is 14.5. The first kappa shape index (κ1) is 19.3. The molecule has 5 heteroatoms. The lowest BCUT2D eigenvalue weighted by molar-refractivity contribution is -0.116. The second-order valence-corrected chi connectivity index (χ2v) is 7.49. The molecule has 1 aromatic carbocycles. The molecule has 0 atom stereocenters. The van der Waals surface area contributed by atoms with Crippen molar-refractivity contribution in [1.29, 1.82) is 0 Å². The molecule has 1 aromatic rings. The van der Waals surface area contributed by atoms with E-state index in [0.29, 0.717) is 13.0 Å². The Kier molecular flexibility index (Phi) is 8.25. The van der Waals surface area contributed by atoms with Crippen LogP contribution in [0.4, 0.5) is 5.69 Å². The minimum Gasteiger partial charge on any atom is -0.326 e. The largest absolute Gasteiger partial charge is 0.326 e. The summed E-state index contributed by atoms with van der Waals surface area (Å²) < 4.78 is 0.198. The molecule has 0 fully saturated rings. The maximum absolute atomic E-state index is 11.7. The van der Waals surface area contributed by atoms with Gasteiger partial charge in [-0.2, -0.15) is 0 Å². The molecular formula is C15H25ClN2OS. The van der Waals surface area contributed by atoms with Gasteiger partial charge in [0.2, 0.25) is 5.91 Å². The van der Waals surface area contributed by atoms with Gasteiger partial charge in [-0.05, 0) is 37.7 Å². The number of nitrogens with one attached hydrogen (secondary N) is 2. The fourth-order valence-corrected chi connectivity index (χ4v) is 2.72. The van der Waals surface area contributed by atoms with Gasteiger partial charge in [0.05, 0.1) is 0 Å². The van der Waals surface area contributed by atoms with Crippen LogP contribution in [0, 0.1) is 6.92 Å². The van der Waals surface area contributed by atoms with Crippen molar-refractivity contribution >= 4 is 35.8 Å². The van der Waals surface area contributed by atoms with Gasteiger partial charge in [-0.3, -0.25) is 4.79 Å². The Morgan fingerprint density at radius 1 is 1.30 bits per heavy atom. The van der Waals surface area contributed by atoms with Crippen LogP contribution < -0.4 is 10.6 Å². The van der Waals surface area contributed by atoms with E-state index in [-0.39, 0.29) is 23.1 Å². The standard InChI is InChI=1S/C15H24N2OS.ClH/c1-11-10-12(19-15(2,3)4)6-7-13(11)17-14(18)8-9-16-5;/h6-7,10,16H,8-9H2,1-5H3,(H,17,18);1H. The molecule has 3 nitrogen and oxygen atoms in total. The van der Waals surface area contributed by atoms with Gasteiger partial charge >= 0.3 is 0 Å². The van der Waals surface area contributed by atoms with Gasteiger partial charge in [0.1, 0.15) is 0 Å². The number of amides is 1. The predicted molar refractivity (Wildman–Crippen MR) is 91.2 cm³/mol. The summed E-state index contributed by atoms with van der Waals surface area (Å²) in [6.45, 7) is 9.31. The van der Waals surface area contributed by atoms with E-state index < -0.39 is 0 Å². The lowest BCUT2D eigenvalue weighted by Gasteiger charge is -2.18. The van der Waals surface area contributed by atoms with E-state index in [4.69, 9.17) is 0 Å². The highest BCUT2D eigenvalue weighted by atomic mass is 35.5. The first-order valence-electron chi connectivity index (χ1n) is 6.56. The summed E-state index contributed by atoms with van der Waals surface area (Å²) in [6, 6.07) is 6.18. The number of anilines is 1. The van der Waals surface area contributed by atoms with Crippen LogP contribution in [0.25, 0.3) is 0 Å². The lowest BCUT2D eigenvalue weighted by Crippen LogP contribution is -2.19. The van der Waals surface area contributed by atoms with Crippen LogP contribution in [0.1, 0.15) is 32.8 Å². The van der Waals surface area contributed by atoms with E-state index in [1.165, 1.54) is 4.90 Å². The summed E-state index contributed by atoms with van der Waals surface area (Å²) in [7, 11) is 1.84. The first-order valence-corrected chi connectivity index (χ1v) is 7.37. The maximum atomic E-state index is 11.7. The molecule has 0 saturated carbocycles. The Hall–Kier alpha value is -0.710. The molecule has 1 rings (SSSR count). The number of hydrogen-bond donors (Lipinski definition) is 2. The summed E-state index contributed by atoms with van der Waals surface area (Å²) in [5.74, 6) is 0.0497. The number of thioether (sulfide) groups is 1. The molecule has 0 unspecified atom stereocenters. The first-order chi connectivity index (χ1) is 8.81. The Morgan fingerprint density at radius 3 is 2.45 bits per heavy atom. The molecule has 1 amide bonds. The minimum atomic E-state index is 0. The van der Waals surface area contributed by atoms with Crippen molar-refractivity contribution in [2.45, 2.75) is 43.8 Å². The predicted octanol–water partition coefficient (Wildman–Crippen LogP) is 3.86. The van der Waals surface area contributed by atoms with E-state index in [2.05, 4.69) is 43.5 Å². The molecule has 20 heavy (non-hydrogen) atoms. The van der Waals surface area contributed by atoms with Crippen molar-refractivity contribution in [3.63, 3.8) is 0 Å². The molecule has 0 aliphatic rings. The summed E-state index contributed by atoms with van der Waals surface area (Å²) in [4.78, 5) is 12.9. The molecule has 0 aliphatic carbocycles. The van der Waals surface area contributed by atoms with Gasteiger partial charge in [0.15, 0.2) is 0 Å². The Balaban J connectivity index is 0.00000361. The number of benzene rings is 1. The number of halogens is 1. The van der Waals surface area contributed by atoms with Gasteiger partial charge in [-0.15, -0.1) is 24.2 Å². The second-order valence-electron chi connectivity index (χ2n) is 5.59. The summed E-state index contributed by atoms with van der Waals surface area (Å²) in [5, 5.41) is 5.92. The summed E-state index contributed by atoms with van der Waals surface area (Å²) in [6.07, 6.45) is 0.494. The van der Waals surface area contributed by atoms with Crippen molar-refractivity contribution in [2.24, 2.45) is 0 Å². The van der Waals surface area contributed by atoms with Crippen LogP contribution in [-0.2, 0) is 4.79 Å². The monoisotopic (exact) mass is 316 g/mol. The van der Waals surface area contributed by atoms with E-state index in [0.717, 1.165) is 11.3 Å². The van der Waals surface area contributed by atoms with E-state index in [1.807, 2.05) is 31.8 Å². The topological polar surface area (TPSA) is 41.1 Å². The zero-order chi connectivity index (χ0) is 14.5. The number of carbonyl (C=O) groups is 1. The van der Waals surface area contributed by atoms with E-state index in [1.54, 1.807) is 0 Å². The number of hydrogen-bond acceptors (Lipinski definition) is 3. The molecule has 0 bridgehead atoms. The minimum absolute atomic E-state index is 0. The van der Waals surface area contributed by atoms with Crippen LogP contribution in [0.15, 0.2) is 23.1 Å². The average Bonchev–Trinajstić information content (AvgIpc) is 2.28. The lowest BCUT2D eigenvalue weighted by atomic mass is 10.2. The summed E-state index contributed by atoms with van der Waals surface area (Å²) >= 11 is 1.83. The Bertz CT molecular complexity index is 444. The quantitative estimate of drug-likeness (QED) is 0.811. The fraction of sp³-hybridized carbons (Fsp3) is 0.533.